The van der Waals surface area contributed by atoms with Crippen LogP contribution in [-0.2, 0) is 16.0 Å². The third-order valence-corrected chi connectivity index (χ3v) is 3.86. The van der Waals surface area contributed by atoms with Crippen LogP contribution >= 0.6 is 0 Å². The molecule has 0 saturated heterocycles. The molecule has 0 aliphatic carbocycles. The van der Waals surface area contributed by atoms with Crippen LogP contribution in [0.25, 0.3) is 11.1 Å². The number of carbonyl (C=O) groups excluding carboxylic acids is 2. The monoisotopic (exact) mass is 346 g/mol. The van der Waals surface area contributed by atoms with Gasteiger partial charge in [-0.15, -0.1) is 0 Å². The van der Waals surface area contributed by atoms with E-state index in [1.807, 2.05) is 48.5 Å². The van der Waals surface area contributed by atoms with Gasteiger partial charge in [0.2, 0.25) is 5.91 Å². The molecule has 2 aromatic carbocycles. The van der Waals surface area contributed by atoms with Crippen molar-refractivity contribution in [1.82, 2.24) is 4.98 Å². The Morgan fingerprint density at radius 2 is 1.81 bits per heavy atom. The lowest BCUT2D eigenvalue weighted by atomic mass is 9.99. The SMILES string of the molecule is COC(=O)c1ccccc1-c1cccc(NC(=O)Cc2ccccn2)c1. The maximum atomic E-state index is 12.2. The molecule has 0 aliphatic rings. The first-order chi connectivity index (χ1) is 12.7. The first-order valence-corrected chi connectivity index (χ1v) is 8.15. The van der Waals surface area contributed by atoms with Crippen molar-refractivity contribution in [3.8, 4) is 11.1 Å². The lowest BCUT2D eigenvalue weighted by Crippen LogP contribution is -2.15. The second kappa shape index (κ2) is 8.07. The van der Waals surface area contributed by atoms with Crippen molar-refractivity contribution in [3.05, 3.63) is 84.2 Å². The molecule has 130 valence electrons. The molecule has 1 amide bonds. The minimum atomic E-state index is -0.398. The second-order valence-corrected chi connectivity index (χ2v) is 5.66. The van der Waals surface area contributed by atoms with Gasteiger partial charge in [-0.25, -0.2) is 4.79 Å². The van der Waals surface area contributed by atoms with Crippen molar-refractivity contribution >= 4 is 17.6 Å². The van der Waals surface area contributed by atoms with Crippen molar-refractivity contribution in [2.75, 3.05) is 12.4 Å². The minimum absolute atomic E-state index is 0.151. The van der Waals surface area contributed by atoms with Crippen LogP contribution in [0.4, 0.5) is 5.69 Å². The summed E-state index contributed by atoms with van der Waals surface area (Å²) in [6.45, 7) is 0. The van der Waals surface area contributed by atoms with Crippen LogP contribution < -0.4 is 5.32 Å². The van der Waals surface area contributed by atoms with E-state index in [2.05, 4.69) is 10.3 Å². The van der Waals surface area contributed by atoms with E-state index in [9.17, 15) is 9.59 Å². The molecule has 1 N–H and O–H groups in total. The van der Waals surface area contributed by atoms with Gasteiger partial charge >= 0.3 is 5.97 Å². The van der Waals surface area contributed by atoms with E-state index >= 15 is 0 Å². The van der Waals surface area contributed by atoms with Crippen molar-refractivity contribution in [3.63, 3.8) is 0 Å². The number of anilines is 1. The van der Waals surface area contributed by atoms with Crippen molar-refractivity contribution in [1.29, 1.82) is 0 Å². The normalized spacial score (nSPS) is 10.2. The molecule has 0 aliphatic heterocycles. The van der Waals surface area contributed by atoms with Gasteiger partial charge < -0.3 is 10.1 Å². The van der Waals surface area contributed by atoms with Crippen LogP contribution in [0.5, 0.6) is 0 Å². The van der Waals surface area contributed by atoms with Gasteiger partial charge in [-0.3, -0.25) is 9.78 Å². The third-order valence-electron chi connectivity index (χ3n) is 3.86. The zero-order valence-corrected chi connectivity index (χ0v) is 14.3. The summed E-state index contributed by atoms with van der Waals surface area (Å²) in [6, 6.07) is 20.0. The lowest BCUT2D eigenvalue weighted by molar-refractivity contribution is -0.115. The van der Waals surface area contributed by atoms with Gasteiger partial charge in [0.25, 0.3) is 0 Å². The number of ether oxygens (including phenoxy) is 1. The molecule has 3 aromatic rings. The molecule has 0 fully saturated rings. The quantitative estimate of drug-likeness (QED) is 0.715. The number of pyridine rings is 1. The fourth-order valence-electron chi connectivity index (χ4n) is 2.66. The summed E-state index contributed by atoms with van der Waals surface area (Å²) < 4.78 is 4.84. The number of benzene rings is 2. The fraction of sp³-hybridized carbons (Fsp3) is 0.0952. The summed E-state index contributed by atoms with van der Waals surface area (Å²) >= 11 is 0. The molecule has 0 spiro atoms. The number of nitrogens with one attached hydrogen (secondary N) is 1. The van der Waals surface area contributed by atoms with Gasteiger partial charge in [0, 0.05) is 17.6 Å². The van der Waals surface area contributed by atoms with Gasteiger partial charge in [-0.2, -0.15) is 0 Å². The molecular formula is C21H18N2O3. The summed E-state index contributed by atoms with van der Waals surface area (Å²) in [5.41, 5.74) is 3.41. The standard InChI is InChI=1S/C21H18N2O3/c1-26-21(25)19-11-3-2-10-18(19)15-7-6-9-17(13-15)23-20(24)14-16-8-4-5-12-22-16/h2-13H,14H2,1H3,(H,23,24). The molecule has 0 saturated carbocycles. The molecule has 1 heterocycles. The summed E-state index contributed by atoms with van der Waals surface area (Å²) in [7, 11) is 1.35. The molecule has 5 heteroatoms. The molecule has 1 aromatic heterocycles. The number of hydrogen-bond acceptors (Lipinski definition) is 4. The van der Waals surface area contributed by atoms with E-state index in [0.717, 1.165) is 11.1 Å². The number of hydrogen-bond donors (Lipinski definition) is 1. The fourth-order valence-corrected chi connectivity index (χ4v) is 2.66. The Balaban J connectivity index is 1.81. The number of aromatic nitrogens is 1. The first-order valence-electron chi connectivity index (χ1n) is 8.15. The van der Waals surface area contributed by atoms with Gasteiger partial charge in [0.1, 0.15) is 0 Å². The summed E-state index contributed by atoms with van der Waals surface area (Å²) in [5, 5.41) is 2.87. The first kappa shape index (κ1) is 17.4. The van der Waals surface area contributed by atoms with Crippen LogP contribution in [-0.4, -0.2) is 24.0 Å². The number of methoxy groups -OCH3 is 1. The summed E-state index contributed by atoms with van der Waals surface area (Å²) in [6.07, 6.45) is 1.86. The van der Waals surface area contributed by atoms with Crippen molar-refractivity contribution in [2.45, 2.75) is 6.42 Å². The highest BCUT2D eigenvalue weighted by molar-refractivity contribution is 5.98. The van der Waals surface area contributed by atoms with E-state index in [4.69, 9.17) is 4.74 Å². The summed E-state index contributed by atoms with van der Waals surface area (Å²) in [4.78, 5) is 28.4. The van der Waals surface area contributed by atoms with Gasteiger partial charge in [0.05, 0.1) is 19.1 Å². The Hall–Kier alpha value is -3.47. The molecule has 0 radical (unpaired) electrons. The highest BCUT2D eigenvalue weighted by atomic mass is 16.5. The van der Waals surface area contributed by atoms with Gasteiger partial charge in [-0.05, 0) is 41.5 Å². The Morgan fingerprint density at radius 3 is 2.58 bits per heavy atom. The van der Waals surface area contributed by atoms with Crippen LogP contribution in [0.1, 0.15) is 16.1 Å². The molecule has 0 bridgehead atoms. The zero-order valence-electron chi connectivity index (χ0n) is 14.3. The predicted octanol–water partition coefficient (Wildman–Crippen LogP) is 3.72. The average Bonchev–Trinajstić information content (AvgIpc) is 2.68. The van der Waals surface area contributed by atoms with Crippen LogP contribution in [0, 0.1) is 0 Å². The largest absolute Gasteiger partial charge is 0.465 e. The third kappa shape index (κ3) is 4.13. The van der Waals surface area contributed by atoms with E-state index < -0.39 is 5.97 Å². The molecule has 5 nitrogen and oxygen atoms in total. The molecule has 0 atom stereocenters. The number of esters is 1. The van der Waals surface area contributed by atoms with Crippen LogP contribution in [0.2, 0.25) is 0 Å². The Labute approximate surface area is 151 Å². The van der Waals surface area contributed by atoms with Crippen LogP contribution in [0.15, 0.2) is 72.9 Å². The molecule has 3 rings (SSSR count). The molecular weight excluding hydrogens is 328 g/mol. The summed E-state index contributed by atoms with van der Waals surface area (Å²) in [5.74, 6) is -0.549. The topological polar surface area (TPSA) is 68.3 Å². The minimum Gasteiger partial charge on any atom is -0.465 e. The Kier molecular flexibility index (Phi) is 5.39. The second-order valence-electron chi connectivity index (χ2n) is 5.66. The van der Waals surface area contributed by atoms with E-state index in [0.29, 0.717) is 16.9 Å². The van der Waals surface area contributed by atoms with Crippen molar-refractivity contribution in [2.24, 2.45) is 0 Å². The smallest absolute Gasteiger partial charge is 0.338 e. The van der Waals surface area contributed by atoms with E-state index in [1.165, 1.54) is 7.11 Å². The van der Waals surface area contributed by atoms with Gasteiger partial charge in [0.15, 0.2) is 0 Å². The number of nitrogens with zero attached hydrogens (tertiary/aromatic N) is 1. The highest BCUT2D eigenvalue weighted by Gasteiger charge is 2.13. The Bertz CT molecular complexity index is 923. The van der Waals surface area contributed by atoms with E-state index in [-0.39, 0.29) is 12.3 Å². The number of carbonyl (C=O) groups is 2. The van der Waals surface area contributed by atoms with Crippen molar-refractivity contribution < 1.29 is 14.3 Å². The van der Waals surface area contributed by atoms with Gasteiger partial charge in [-0.1, -0.05) is 36.4 Å². The molecule has 0 unspecified atom stereocenters. The highest BCUT2D eigenvalue weighted by Crippen LogP contribution is 2.26. The number of rotatable bonds is 5. The zero-order chi connectivity index (χ0) is 18.4. The maximum absolute atomic E-state index is 12.2. The predicted molar refractivity (Wildman–Crippen MR) is 99.8 cm³/mol. The molecule has 26 heavy (non-hydrogen) atoms. The average molecular weight is 346 g/mol. The van der Waals surface area contributed by atoms with Crippen LogP contribution in [0.3, 0.4) is 0 Å². The van der Waals surface area contributed by atoms with E-state index in [1.54, 1.807) is 24.4 Å². The maximum Gasteiger partial charge on any atom is 0.338 e. The number of amides is 1. The lowest BCUT2D eigenvalue weighted by Gasteiger charge is -2.10. The Morgan fingerprint density at radius 1 is 1.00 bits per heavy atom.